The largest absolute Gasteiger partial charge is 0.256 e. The first-order valence-corrected chi connectivity index (χ1v) is 1.84. The summed E-state index contributed by atoms with van der Waals surface area (Å²) in [5.41, 5.74) is 0. The summed E-state index contributed by atoms with van der Waals surface area (Å²) in [5, 5.41) is 0. The molecule has 0 saturated heterocycles. The van der Waals surface area contributed by atoms with Gasteiger partial charge in [-0.2, -0.15) is 0 Å². The third-order valence-electron chi connectivity index (χ3n) is 0.0945. The summed E-state index contributed by atoms with van der Waals surface area (Å²) in [4.78, 5) is 0. The second-order valence-electron chi connectivity index (χ2n) is 0.384. The zero-order valence-corrected chi connectivity index (χ0v) is 3.88. The highest BCUT2D eigenvalue weighted by atomic mass is 79.9. The molecular formula is C2H5BrN. The molecule has 2 heteroatoms. The third-order valence-corrected chi connectivity index (χ3v) is 0.491. The van der Waals surface area contributed by atoms with E-state index in [1.54, 1.807) is 0 Å². The molecule has 0 aliphatic carbocycles. The highest BCUT2D eigenvalue weighted by molar-refractivity contribution is 9.08. The Kier molecular flexibility index (Phi) is 3.82. The minimum absolute atomic E-state index is 0.736. The van der Waals surface area contributed by atoms with Crippen LogP contribution in [0.5, 0.6) is 0 Å². The van der Waals surface area contributed by atoms with Crippen LogP contribution in [-0.2, 0) is 0 Å². The minimum Gasteiger partial charge on any atom is -0.256 e. The third kappa shape index (κ3) is 2.44. The molecule has 0 rings (SSSR count). The van der Waals surface area contributed by atoms with Crippen molar-refractivity contribution < 1.29 is 0 Å². The Bertz CT molecular complexity index is 8.00. The van der Waals surface area contributed by atoms with E-state index in [1.807, 2.05) is 0 Å². The van der Waals surface area contributed by atoms with Crippen molar-refractivity contribution in [3.8, 4) is 0 Å². The summed E-state index contributed by atoms with van der Waals surface area (Å²) in [6.45, 7) is 4.18. The van der Waals surface area contributed by atoms with E-state index in [9.17, 15) is 0 Å². The number of halogens is 1. The molecule has 0 aromatic heterocycles. The van der Waals surface area contributed by atoms with Crippen LogP contribution in [0.15, 0.2) is 0 Å². The van der Waals surface area contributed by atoms with Gasteiger partial charge in [0.2, 0.25) is 0 Å². The summed E-state index contributed by atoms with van der Waals surface area (Å²) in [6, 6.07) is 0. The lowest BCUT2D eigenvalue weighted by Crippen LogP contribution is -1.91. The highest BCUT2D eigenvalue weighted by Gasteiger charge is 1.53. The molecule has 4 heavy (non-hydrogen) atoms. The maximum absolute atomic E-state index is 3.45. The molecule has 0 saturated carbocycles. The Morgan fingerprint density at radius 1 is 2.00 bits per heavy atom. The Hall–Kier alpha value is 0.440. The molecule has 0 amide bonds. The molecule has 1 radical (unpaired) electrons. The highest BCUT2D eigenvalue weighted by Crippen LogP contribution is 1.57. The van der Waals surface area contributed by atoms with E-state index in [2.05, 4.69) is 27.4 Å². The van der Waals surface area contributed by atoms with Gasteiger partial charge >= 0.3 is 0 Å². The fourth-order valence-corrected chi connectivity index (χ4v) is 0. The smallest absolute Gasteiger partial charge is 0.00875 e. The van der Waals surface area contributed by atoms with Crippen molar-refractivity contribution in [2.24, 2.45) is 0 Å². The van der Waals surface area contributed by atoms with Crippen LogP contribution in [0.25, 0.3) is 0 Å². The van der Waals surface area contributed by atoms with Crippen LogP contribution in [0.3, 0.4) is 0 Å². The first kappa shape index (κ1) is 4.44. The number of hydrogen-bond donors (Lipinski definition) is 1. The van der Waals surface area contributed by atoms with Crippen molar-refractivity contribution in [1.29, 1.82) is 0 Å². The van der Waals surface area contributed by atoms with Crippen LogP contribution < -0.4 is 4.34 Å². The van der Waals surface area contributed by atoms with Crippen molar-refractivity contribution in [2.45, 2.75) is 0 Å². The Morgan fingerprint density at radius 2 is 2.25 bits per heavy atom. The quantitative estimate of drug-likeness (QED) is 0.506. The van der Waals surface area contributed by atoms with Gasteiger partial charge in [0.25, 0.3) is 0 Å². The van der Waals surface area contributed by atoms with Crippen LogP contribution >= 0.6 is 16.1 Å². The predicted octanol–water partition coefficient (Wildman–Crippen LogP) is 0.720. The molecule has 0 bridgehead atoms. The summed E-state index contributed by atoms with van der Waals surface area (Å²) in [5.74, 6) is 0. The molecule has 0 aliphatic heterocycles. The lowest BCUT2D eigenvalue weighted by molar-refractivity contribution is 1.15. The van der Waals surface area contributed by atoms with Crippen molar-refractivity contribution in [2.75, 3.05) is 6.54 Å². The maximum atomic E-state index is 3.45. The topological polar surface area (TPSA) is 12.0 Å². The summed E-state index contributed by atoms with van der Waals surface area (Å²) < 4.78 is 2.63. The molecule has 25 valence electrons. The van der Waals surface area contributed by atoms with Crippen LogP contribution in [0, 0.1) is 6.92 Å². The van der Waals surface area contributed by atoms with Gasteiger partial charge in [0.1, 0.15) is 0 Å². The summed E-state index contributed by atoms with van der Waals surface area (Å²) in [7, 11) is 0. The van der Waals surface area contributed by atoms with E-state index >= 15 is 0 Å². The second-order valence-corrected chi connectivity index (χ2v) is 0.944. The lowest BCUT2D eigenvalue weighted by Gasteiger charge is -1.72. The van der Waals surface area contributed by atoms with Crippen LogP contribution in [0.1, 0.15) is 0 Å². The molecule has 0 aromatic carbocycles. The lowest BCUT2D eigenvalue weighted by atomic mass is 10.8. The fraction of sp³-hybridized carbons (Fsp3) is 0.500. The molecule has 1 N–H and O–H groups in total. The molecule has 0 spiro atoms. The van der Waals surface area contributed by atoms with E-state index < -0.39 is 0 Å². The first-order chi connectivity index (χ1) is 1.91. The average molecular weight is 123 g/mol. The van der Waals surface area contributed by atoms with Gasteiger partial charge in [-0.3, -0.25) is 4.34 Å². The molecule has 1 nitrogen and oxygen atoms in total. The van der Waals surface area contributed by atoms with E-state index in [0.29, 0.717) is 0 Å². The average Bonchev–Trinajstić information content (AvgIpc) is 1.37. The first-order valence-electron chi connectivity index (χ1n) is 1.04. The van der Waals surface area contributed by atoms with Crippen molar-refractivity contribution in [3.05, 3.63) is 6.92 Å². The van der Waals surface area contributed by atoms with E-state index in [1.165, 1.54) is 0 Å². The van der Waals surface area contributed by atoms with Crippen molar-refractivity contribution >= 4 is 16.1 Å². The van der Waals surface area contributed by atoms with Gasteiger partial charge < -0.3 is 0 Å². The van der Waals surface area contributed by atoms with Crippen LogP contribution in [0.2, 0.25) is 0 Å². The van der Waals surface area contributed by atoms with Gasteiger partial charge in [0, 0.05) is 22.7 Å². The van der Waals surface area contributed by atoms with Crippen LogP contribution in [0.4, 0.5) is 0 Å². The van der Waals surface area contributed by atoms with Gasteiger partial charge in [-0.25, -0.2) is 0 Å². The molecular weight excluding hydrogens is 118 g/mol. The van der Waals surface area contributed by atoms with Crippen molar-refractivity contribution in [1.82, 2.24) is 4.34 Å². The van der Waals surface area contributed by atoms with Gasteiger partial charge in [-0.05, 0) is 6.92 Å². The van der Waals surface area contributed by atoms with Crippen molar-refractivity contribution in [3.63, 3.8) is 0 Å². The van der Waals surface area contributed by atoms with Crippen LogP contribution in [-0.4, -0.2) is 6.54 Å². The fourth-order valence-electron chi connectivity index (χ4n) is 0. The van der Waals surface area contributed by atoms with E-state index in [-0.39, 0.29) is 0 Å². The molecule has 0 aliphatic rings. The van der Waals surface area contributed by atoms with Gasteiger partial charge in [-0.1, -0.05) is 0 Å². The van der Waals surface area contributed by atoms with E-state index in [0.717, 1.165) is 6.54 Å². The monoisotopic (exact) mass is 122 g/mol. The van der Waals surface area contributed by atoms with Gasteiger partial charge in [-0.15, -0.1) is 0 Å². The normalized spacial score (nSPS) is 7.50. The number of nitrogens with one attached hydrogen (secondary N) is 1. The minimum atomic E-state index is 0.736. The van der Waals surface area contributed by atoms with Gasteiger partial charge in [0.05, 0.1) is 0 Å². The Morgan fingerprint density at radius 3 is 2.25 bits per heavy atom. The zero-order chi connectivity index (χ0) is 3.41. The molecule has 0 heterocycles. The Balaban J connectivity index is 1.97. The summed E-state index contributed by atoms with van der Waals surface area (Å²) in [6.07, 6.45) is 0. The van der Waals surface area contributed by atoms with E-state index in [4.69, 9.17) is 0 Å². The molecule has 0 fully saturated rings. The molecule has 0 unspecified atom stereocenters. The molecule has 0 aromatic rings. The standard InChI is InChI=1S/C2H5BrN/c1-2-4-3/h4H,1-2H2. The number of hydrogen-bond acceptors (Lipinski definition) is 1. The van der Waals surface area contributed by atoms with Gasteiger partial charge in [0.15, 0.2) is 0 Å². The predicted molar refractivity (Wildman–Crippen MR) is 22.3 cm³/mol. The Labute approximate surface area is 34.7 Å². The zero-order valence-electron chi connectivity index (χ0n) is 2.29. The maximum Gasteiger partial charge on any atom is 0.00875 e. The number of rotatable bonds is 1. The SMILES string of the molecule is [CH2]CNBr. The second kappa shape index (κ2) is 3.44. The molecule has 0 atom stereocenters. The summed E-state index contributed by atoms with van der Waals surface area (Å²) >= 11 is 2.94.